The molecule has 2 N–H and O–H groups in total. The second-order valence-electron chi connectivity index (χ2n) is 5.17. The minimum atomic E-state index is 0.548. The van der Waals surface area contributed by atoms with Crippen molar-refractivity contribution in [1.82, 2.24) is 14.5 Å². The fourth-order valence-corrected chi connectivity index (χ4v) is 2.28. The molecule has 0 atom stereocenters. The number of imidazole rings is 1. The van der Waals surface area contributed by atoms with Crippen LogP contribution in [0.1, 0.15) is 5.82 Å². The first kappa shape index (κ1) is 15.8. The monoisotopic (exact) mass is 292 g/mol. The number of hydrogen-bond acceptors (Lipinski definition) is 5. The van der Waals surface area contributed by atoms with Gasteiger partial charge in [-0.2, -0.15) is 0 Å². The summed E-state index contributed by atoms with van der Waals surface area (Å²) in [7, 11) is 5.74. The number of rotatable bonds is 8. The van der Waals surface area contributed by atoms with Crippen molar-refractivity contribution < 1.29 is 9.47 Å². The molecule has 6 nitrogen and oxygen atoms in total. The molecule has 0 aliphatic carbocycles. The van der Waals surface area contributed by atoms with Crippen molar-refractivity contribution in [3.05, 3.63) is 24.0 Å². The van der Waals surface area contributed by atoms with Crippen molar-refractivity contribution in [1.29, 1.82) is 0 Å². The molecule has 1 aromatic heterocycles. The number of ether oxygens (including phenoxy) is 2. The summed E-state index contributed by atoms with van der Waals surface area (Å²) in [5.74, 6) is 1.85. The van der Waals surface area contributed by atoms with Crippen molar-refractivity contribution >= 4 is 11.0 Å². The van der Waals surface area contributed by atoms with Gasteiger partial charge in [0.25, 0.3) is 0 Å². The second kappa shape index (κ2) is 7.40. The summed E-state index contributed by atoms with van der Waals surface area (Å²) in [6, 6.07) is 5.97. The Morgan fingerprint density at radius 2 is 2.10 bits per heavy atom. The van der Waals surface area contributed by atoms with Crippen LogP contribution in [0.3, 0.4) is 0 Å². The number of fused-ring (bicyclic) bond motifs is 1. The van der Waals surface area contributed by atoms with Crippen molar-refractivity contribution in [3.8, 4) is 5.75 Å². The molecular weight excluding hydrogens is 268 g/mol. The zero-order valence-electron chi connectivity index (χ0n) is 13.0. The zero-order chi connectivity index (χ0) is 15.2. The molecule has 0 aliphatic rings. The van der Waals surface area contributed by atoms with Crippen LogP contribution in [0.15, 0.2) is 18.2 Å². The van der Waals surface area contributed by atoms with Gasteiger partial charge < -0.3 is 24.7 Å². The van der Waals surface area contributed by atoms with E-state index >= 15 is 0 Å². The van der Waals surface area contributed by atoms with Gasteiger partial charge in [-0.05, 0) is 26.2 Å². The first-order chi connectivity index (χ1) is 10.2. The Balaban J connectivity index is 2.28. The van der Waals surface area contributed by atoms with Crippen molar-refractivity contribution in [2.45, 2.75) is 13.1 Å². The third kappa shape index (κ3) is 3.93. The smallest absolute Gasteiger partial charge is 0.124 e. The van der Waals surface area contributed by atoms with Crippen LogP contribution < -0.4 is 10.5 Å². The van der Waals surface area contributed by atoms with Crippen LogP contribution in [0, 0.1) is 0 Å². The van der Waals surface area contributed by atoms with Crippen LogP contribution in [0.2, 0.25) is 0 Å². The van der Waals surface area contributed by atoms with E-state index in [-0.39, 0.29) is 0 Å². The van der Waals surface area contributed by atoms with Crippen molar-refractivity contribution in [2.75, 3.05) is 41.0 Å². The number of nitrogens with two attached hydrogens (primary N) is 1. The maximum atomic E-state index is 5.50. The number of methoxy groups -OCH3 is 1. The summed E-state index contributed by atoms with van der Waals surface area (Å²) in [4.78, 5) is 6.83. The Hall–Kier alpha value is -1.63. The highest BCUT2D eigenvalue weighted by Crippen LogP contribution is 2.22. The Labute approximate surface area is 125 Å². The molecule has 6 heteroatoms. The Kier molecular flexibility index (Phi) is 5.55. The lowest BCUT2D eigenvalue weighted by Gasteiger charge is -2.13. The standard InChI is InChI=1S/C15H24N4O2/c1-18(2)11-15-17-13-10-12(20-3)4-5-14(13)19(15)7-9-21-8-6-16/h4-5,10H,6-9,11,16H2,1-3H3. The summed E-state index contributed by atoms with van der Waals surface area (Å²) in [5.41, 5.74) is 7.49. The van der Waals surface area contributed by atoms with E-state index in [4.69, 9.17) is 20.2 Å². The van der Waals surface area contributed by atoms with Crippen LogP contribution in [-0.2, 0) is 17.8 Å². The van der Waals surface area contributed by atoms with E-state index in [0.29, 0.717) is 19.8 Å². The lowest BCUT2D eigenvalue weighted by atomic mass is 10.3. The summed E-state index contributed by atoms with van der Waals surface area (Å²) in [6.07, 6.45) is 0. The second-order valence-corrected chi connectivity index (χ2v) is 5.17. The van der Waals surface area contributed by atoms with E-state index in [2.05, 4.69) is 9.47 Å². The van der Waals surface area contributed by atoms with E-state index in [1.54, 1.807) is 7.11 Å². The van der Waals surface area contributed by atoms with Crippen molar-refractivity contribution in [3.63, 3.8) is 0 Å². The molecular formula is C15H24N4O2. The van der Waals surface area contributed by atoms with E-state index in [0.717, 1.165) is 35.7 Å². The Bertz CT molecular complexity index is 580. The van der Waals surface area contributed by atoms with Crippen LogP contribution in [0.5, 0.6) is 5.75 Å². The summed E-state index contributed by atoms with van der Waals surface area (Å²) in [6.45, 7) is 3.32. The molecule has 0 amide bonds. The van der Waals surface area contributed by atoms with Gasteiger partial charge >= 0.3 is 0 Å². The third-order valence-electron chi connectivity index (χ3n) is 3.21. The molecule has 1 heterocycles. The number of nitrogens with zero attached hydrogens (tertiary/aromatic N) is 3. The molecule has 0 saturated heterocycles. The lowest BCUT2D eigenvalue weighted by molar-refractivity contribution is 0.133. The van der Waals surface area contributed by atoms with Crippen LogP contribution >= 0.6 is 0 Å². The maximum Gasteiger partial charge on any atom is 0.124 e. The van der Waals surface area contributed by atoms with Crippen molar-refractivity contribution in [2.24, 2.45) is 5.73 Å². The number of hydrogen-bond donors (Lipinski definition) is 1. The van der Waals surface area contributed by atoms with E-state index < -0.39 is 0 Å². The van der Waals surface area contributed by atoms with Crippen LogP contribution in [0.4, 0.5) is 0 Å². The van der Waals surface area contributed by atoms with Gasteiger partial charge in [0.15, 0.2) is 0 Å². The van der Waals surface area contributed by atoms with Crippen LogP contribution in [-0.4, -0.2) is 55.4 Å². The Morgan fingerprint density at radius 3 is 2.76 bits per heavy atom. The average Bonchev–Trinajstić information content (AvgIpc) is 2.79. The first-order valence-electron chi connectivity index (χ1n) is 7.11. The predicted octanol–water partition coefficient (Wildman–Crippen LogP) is 1.08. The predicted molar refractivity (Wildman–Crippen MR) is 83.5 cm³/mol. The molecule has 1 aromatic carbocycles. The van der Waals surface area contributed by atoms with Gasteiger partial charge in [-0.3, -0.25) is 0 Å². The molecule has 2 rings (SSSR count). The van der Waals surface area contributed by atoms with E-state index in [1.807, 2.05) is 32.3 Å². The number of aromatic nitrogens is 2. The molecule has 0 spiro atoms. The zero-order valence-corrected chi connectivity index (χ0v) is 13.0. The molecule has 116 valence electrons. The average molecular weight is 292 g/mol. The molecule has 21 heavy (non-hydrogen) atoms. The molecule has 0 radical (unpaired) electrons. The first-order valence-corrected chi connectivity index (χ1v) is 7.11. The fourth-order valence-electron chi connectivity index (χ4n) is 2.28. The van der Waals surface area contributed by atoms with Crippen LogP contribution in [0.25, 0.3) is 11.0 Å². The largest absolute Gasteiger partial charge is 0.497 e. The third-order valence-corrected chi connectivity index (χ3v) is 3.21. The molecule has 0 fully saturated rings. The summed E-state index contributed by atoms with van der Waals surface area (Å²) < 4.78 is 13.0. The SMILES string of the molecule is COc1ccc2c(c1)nc(CN(C)C)n2CCOCCN. The van der Waals surface area contributed by atoms with E-state index in [9.17, 15) is 0 Å². The Morgan fingerprint density at radius 1 is 1.29 bits per heavy atom. The highest BCUT2D eigenvalue weighted by atomic mass is 16.5. The van der Waals surface area contributed by atoms with Gasteiger partial charge in [-0.1, -0.05) is 0 Å². The molecule has 0 unspecified atom stereocenters. The number of benzene rings is 1. The molecule has 0 bridgehead atoms. The normalized spacial score (nSPS) is 11.5. The van der Waals surface area contributed by atoms with Gasteiger partial charge in [0.1, 0.15) is 11.6 Å². The summed E-state index contributed by atoms with van der Waals surface area (Å²) in [5, 5.41) is 0. The maximum absolute atomic E-state index is 5.50. The fraction of sp³-hybridized carbons (Fsp3) is 0.533. The lowest BCUT2D eigenvalue weighted by Crippen LogP contribution is -2.18. The quantitative estimate of drug-likeness (QED) is 0.738. The van der Waals surface area contributed by atoms with E-state index in [1.165, 1.54) is 0 Å². The minimum absolute atomic E-state index is 0.548. The van der Waals surface area contributed by atoms with Gasteiger partial charge in [0.05, 0.1) is 37.9 Å². The van der Waals surface area contributed by atoms with Gasteiger partial charge in [-0.15, -0.1) is 0 Å². The topological polar surface area (TPSA) is 65.5 Å². The molecule has 2 aromatic rings. The highest BCUT2D eigenvalue weighted by Gasteiger charge is 2.12. The molecule has 0 saturated carbocycles. The minimum Gasteiger partial charge on any atom is -0.497 e. The molecule has 0 aliphatic heterocycles. The van der Waals surface area contributed by atoms with Gasteiger partial charge in [0, 0.05) is 19.2 Å². The van der Waals surface area contributed by atoms with Gasteiger partial charge in [-0.25, -0.2) is 4.98 Å². The highest BCUT2D eigenvalue weighted by molar-refractivity contribution is 5.77. The summed E-state index contributed by atoms with van der Waals surface area (Å²) >= 11 is 0. The van der Waals surface area contributed by atoms with Gasteiger partial charge in [0.2, 0.25) is 0 Å².